The van der Waals surface area contributed by atoms with Crippen molar-refractivity contribution in [2.75, 3.05) is 27.2 Å². The molecule has 1 fully saturated rings. The predicted molar refractivity (Wildman–Crippen MR) is 69.0 cm³/mol. The van der Waals surface area contributed by atoms with Crippen LogP contribution < -0.4 is 5.32 Å². The minimum Gasteiger partial charge on any atom is -0.309 e. The van der Waals surface area contributed by atoms with Crippen molar-refractivity contribution < 1.29 is 0 Å². The molecular formula is C12H21N3S. The maximum atomic E-state index is 4.74. The van der Waals surface area contributed by atoms with Gasteiger partial charge in [-0.15, -0.1) is 11.3 Å². The van der Waals surface area contributed by atoms with Gasteiger partial charge in [-0.05, 0) is 33.5 Å². The lowest BCUT2D eigenvalue weighted by Crippen LogP contribution is -2.27. The number of nitrogens with one attached hydrogen (secondary N) is 1. The molecule has 16 heavy (non-hydrogen) atoms. The van der Waals surface area contributed by atoms with Crippen molar-refractivity contribution in [3.63, 3.8) is 0 Å². The van der Waals surface area contributed by atoms with Gasteiger partial charge in [0, 0.05) is 18.3 Å². The standard InChI is InChI=1S/C12H21N3S/c1-15(2)8-6-12-14-11(9-16-12)10-5-3-4-7-13-10/h9-10,13H,3-8H2,1-2H3. The molecule has 1 unspecified atom stereocenters. The second-order valence-electron chi connectivity index (χ2n) is 4.72. The van der Waals surface area contributed by atoms with E-state index < -0.39 is 0 Å². The van der Waals surface area contributed by atoms with E-state index in [-0.39, 0.29) is 0 Å². The first-order valence-electron chi connectivity index (χ1n) is 6.08. The Kier molecular flexibility index (Phi) is 4.32. The van der Waals surface area contributed by atoms with Gasteiger partial charge in [0.05, 0.1) is 16.7 Å². The van der Waals surface area contributed by atoms with Crippen LogP contribution in [0, 0.1) is 0 Å². The summed E-state index contributed by atoms with van der Waals surface area (Å²) in [5, 5.41) is 7.05. The lowest BCUT2D eigenvalue weighted by molar-refractivity contribution is 0.402. The molecule has 4 heteroatoms. The van der Waals surface area contributed by atoms with Gasteiger partial charge in [-0.1, -0.05) is 6.42 Å². The molecule has 1 aromatic rings. The second kappa shape index (κ2) is 5.75. The summed E-state index contributed by atoms with van der Waals surface area (Å²) in [4.78, 5) is 6.94. The summed E-state index contributed by atoms with van der Waals surface area (Å²) in [5.74, 6) is 0. The molecule has 1 saturated heterocycles. The van der Waals surface area contributed by atoms with Gasteiger partial charge in [-0.25, -0.2) is 4.98 Å². The van der Waals surface area contributed by atoms with Gasteiger partial charge < -0.3 is 10.2 Å². The van der Waals surface area contributed by atoms with Gasteiger partial charge in [0.2, 0.25) is 0 Å². The molecule has 0 aromatic carbocycles. The van der Waals surface area contributed by atoms with Crippen molar-refractivity contribution in [3.05, 3.63) is 16.1 Å². The van der Waals surface area contributed by atoms with E-state index in [0.717, 1.165) is 19.5 Å². The van der Waals surface area contributed by atoms with Gasteiger partial charge in [0.15, 0.2) is 0 Å². The molecule has 0 radical (unpaired) electrons. The van der Waals surface area contributed by atoms with Crippen LogP contribution in [0.2, 0.25) is 0 Å². The van der Waals surface area contributed by atoms with Crippen LogP contribution in [0.15, 0.2) is 5.38 Å². The lowest BCUT2D eigenvalue weighted by atomic mass is 10.0. The van der Waals surface area contributed by atoms with E-state index >= 15 is 0 Å². The fraction of sp³-hybridized carbons (Fsp3) is 0.750. The molecule has 1 N–H and O–H groups in total. The van der Waals surface area contributed by atoms with Crippen LogP contribution in [0.5, 0.6) is 0 Å². The quantitative estimate of drug-likeness (QED) is 0.872. The van der Waals surface area contributed by atoms with Crippen LogP contribution in [-0.2, 0) is 6.42 Å². The summed E-state index contributed by atoms with van der Waals surface area (Å²) >= 11 is 1.81. The molecule has 1 atom stereocenters. The maximum absolute atomic E-state index is 4.74. The number of hydrogen-bond acceptors (Lipinski definition) is 4. The fourth-order valence-corrected chi connectivity index (χ4v) is 2.86. The number of likely N-dealkylation sites (N-methyl/N-ethyl adjacent to an activating group) is 1. The minimum absolute atomic E-state index is 0.512. The van der Waals surface area contributed by atoms with Crippen molar-refractivity contribution in [2.45, 2.75) is 31.7 Å². The van der Waals surface area contributed by atoms with Crippen LogP contribution >= 0.6 is 11.3 Å². The first-order chi connectivity index (χ1) is 7.75. The molecule has 0 aliphatic carbocycles. The molecule has 0 spiro atoms. The van der Waals surface area contributed by atoms with Gasteiger partial charge in [0.1, 0.15) is 0 Å². The number of thiazole rings is 1. The summed E-state index contributed by atoms with van der Waals surface area (Å²) in [6.45, 7) is 2.24. The number of aromatic nitrogens is 1. The van der Waals surface area contributed by atoms with E-state index in [9.17, 15) is 0 Å². The number of piperidine rings is 1. The minimum atomic E-state index is 0.512. The Labute approximate surface area is 102 Å². The normalized spacial score (nSPS) is 21.6. The third-order valence-electron chi connectivity index (χ3n) is 3.01. The smallest absolute Gasteiger partial charge is 0.0941 e. The van der Waals surface area contributed by atoms with E-state index in [0.29, 0.717) is 6.04 Å². The predicted octanol–water partition coefficient (Wildman–Crippen LogP) is 2.06. The molecular weight excluding hydrogens is 218 g/mol. The average molecular weight is 239 g/mol. The molecule has 2 rings (SSSR count). The zero-order chi connectivity index (χ0) is 11.4. The van der Waals surface area contributed by atoms with Crippen molar-refractivity contribution in [1.82, 2.24) is 15.2 Å². The highest BCUT2D eigenvalue weighted by Crippen LogP contribution is 2.24. The van der Waals surface area contributed by atoms with E-state index in [2.05, 4.69) is 29.7 Å². The largest absolute Gasteiger partial charge is 0.309 e. The van der Waals surface area contributed by atoms with Crippen LogP contribution in [0.25, 0.3) is 0 Å². The van der Waals surface area contributed by atoms with E-state index in [1.54, 1.807) is 0 Å². The molecule has 1 aliphatic rings. The molecule has 0 saturated carbocycles. The summed E-state index contributed by atoms with van der Waals surface area (Å²) in [7, 11) is 4.22. The molecule has 90 valence electrons. The first-order valence-corrected chi connectivity index (χ1v) is 6.96. The van der Waals surface area contributed by atoms with Crippen molar-refractivity contribution >= 4 is 11.3 Å². The Morgan fingerprint density at radius 1 is 1.50 bits per heavy atom. The number of rotatable bonds is 4. The van der Waals surface area contributed by atoms with Crippen molar-refractivity contribution in [1.29, 1.82) is 0 Å². The highest BCUT2D eigenvalue weighted by atomic mass is 32.1. The van der Waals surface area contributed by atoms with Crippen LogP contribution in [0.1, 0.15) is 36.0 Å². The SMILES string of the molecule is CN(C)CCc1nc(C2CCCCN2)cs1. The zero-order valence-corrected chi connectivity index (χ0v) is 11.0. The topological polar surface area (TPSA) is 28.2 Å². The van der Waals surface area contributed by atoms with E-state index in [4.69, 9.17) is 4.98 Å². The summed E-state index contributed by atoms with van der Waals surface area (Å²) < 4.78 is 0. The Morgan fingerprint density at radius 3 is 3.06 bits per heavy atom. The van der Waals surface area contributed by atoms with Gasteiger partial charge in [-0.2, -0.15) is 0 Å². The van der Waals surface area contributed by atoms with Gasteiger partial charge >= 0.3 is 0 Å². The Bertz CT molecular complexity index is 316. The molecule has 1 aromatic heterocycles. The third-order valence-corrected chi connectivity index (χ3v) is 3.94. The molecule has 0 amide bonds. The first kappa shape index (κ1) is 12.0. The molecule has 3 nitrogen and oxygen atoms in total. The van der Waals surface area contributed by atoms with Crippen LogP contribution in [-0.4, -0.2) is 37.1 Å². The third kappa shape index (κ3) is 3.27. The fourth-order valence-electron chi connectivity index (χ4n) is 2.02. The van der Waals surface area contributed by atoms with Crippen molar-refractivity contribution in [3.8, 4) is 0 Å². The second-order valence-corrected chi connectivity index (χ2v) is 5.66. The Hall–Kier alpha value is -0.450. The highest BCUT2D eigenvalue weighted by molar-refractivity contribution is 7.09. The summed E-state index contributed by atoms with van der Waals surface area (Å²) in [5.41, 5.74) is 1.26. The number of hydrogen-bond donors (Lipinski definition) is 1. The zero-order valence-electron chi connectivity index (χ0n) is 10.2. The lowest BCUT2D eigenvalue weighted by Gasteiger charge is -2.21. The Morgan fingerprint density at radius 2 is 2.38 bits per heavy atom. The van der Waals surface area contributed by atoms with Crippen LogP contribution in [0.3, 0.4) is 0 Å². The summed E-state index contributed by atoms with van der Waals surface area (Å²) in [6, 6.07) is 0.512. The van der Waals surface area contributed by atoms with Gasteiger partial charge in [-0.3, -0.25) is 0 Å². The monoisotopic (exact) mass is 239 g/mol. The highest BCUT2D eigenvalue weighted by Gasteiger charge is 2.17. The van der Waals surface area contributed by atoms with Crippen LogP contribution in [0.4, 0.5) is 0 Å². The van der Waals surface area contributed by atoms with Gasteiger partial charge in [0.25, 0.3) is 0 Å². The Balaban J connectivity index is 1.90. The average Bonchev–Trinajstić information content (AvgIpc) is 2.76. The molecule has 1 aliphatic heterocycles. The molecule has 0 bridgehead atoms. The van der Waals surface area contributed by atoms with E-state index in [1.165, 1.54) is 30.0 Å². The van der Waals surface area contributed by atoms with Crippen molar-refractivity contribution in [2.24, 2.45) is 0 Å². The number of nitrogens with zero attached hydrogens (tertiary/aromatic N) is 2. The molecule has 2 heterocycles. The maximum Gasteiger partial charge on any atom is 0.0941 e. The van der Waals surface area contributed by atoms with E-state index in [1.807, 2.05) is 11.3 Å². The summed E-state index contributed by atoms with van der Waals surface area (Å²) in [6.07, 6.45) is 4.97.